The molecule has 0 radical (unpaired) electrons. The Morgan fingerprint density at radius 1 is 1.39 bits per heavy atom. The van der Waals surface area contributed by atoms with Gasteiger partial charge in [-0.25, -0.2) is 4.79 Å². The van der Waals surface area contributed by atoms with E-state index in [1.54, 1.807) is 6.92 Å². The van der Waals surface area contributed by atoms with Gasteiger partial charge in [-0.2, -0.15) is 0 Å². The van der Waals surface area contributed by atoms with Crippen LogP contribution in [0.3, 0.4) is 0 Å². The Morgan fingerprint density at radius 2 is 2.06 bits per heavy atom. The van der Waals surface area contributed by atoms with Gasteiger partial charge in [-0.15, -0.1) is 6.42 Å². The maximum atomic E-state index is 11.3. The molecule has 5 heteroatoms. The van der Waals surface area contributed by atoms with Gasteiger partial charge in [-0.3, -0.25) is 4.79 Å². The zero-order valence-corrected chi connectivity index (χ0v) is 11.0. The first kappa shape index (κ1) is 16.3. The molecule has 0 aromatic heterocycles. The van der Waals surface area contributed by atoms with Crippen molar-refractivity contribution >= 4 is 12.0 Å². The summed E-state index contributed by atoms with van der Waals surface area (Å²) >= 11 is 0. The van der Waals surface area contributed by atoms with E-state index in [0.29, 0.717) is 18.9 Å². The predicted molar refractivity (Wildman–Crippen MR) is 70.1 cm³/mol. The van der Waals surface area contributed by atoms with E-state index in [9.17, 15) is 9.59 Å². The van der Waals surface area contributed by atoms with E-state index in [2.05, 4.69) is 16.6 Å². The van der Waals surface area contributed by atoms with E-state index in [-0.39, 0.29) is 18.5 Å². The van der Waals surface area contributed by atoms with Crippen LogP contribution in [0.15, 0.2) is 0 Å². The largest absolute Gasteiger partial charge is 0.481 e. The fraction of sp³-hybridized carbons (Fsp3) is 0.692. The lowest BCUT2D eigenvalue weighted by atomic mass is 9.97. The van der Waals surface area contributed by atoms with Crippen molar-refractivity contribution in [3.05, 3.63) is 0 Å². The van der Waals surface area contributed by atoms with Crippen LogP contribution in [0.25, 0.3) is 0 Å². The second-order valence-electron chi connectivity index (χ2n) is 4.28. The molecule has 0 aliphatic heterocycles. The van der Waals surface area contributed by atoms with E-state index in [1.165, 1.54) is 0 Å². The molecule has 0 aliphatic rings. The lowest BCUT2D eigenvalue weighted by molar-refractivity contribution is -0.137. The van der Waals surface area contributed by atoms with Gasteiger partial charge < -0.3 is 15.7 Å². The van der Waals surface area contributed by atoms with Gasteiger partial charge >= 0.3 is 12.0 Å². The normalized spacial score (nSPS) is 13.2. The molecule has 0 bridgehead atoms. The highest BCUT2D eigenvalue weighted by atomic mass is 16.4. The molecule has 0 saturated carbocycles. The van der Waals surface area contributed by atoms with Crippen molar-refractivity contribution < 1.29 is 14.7 Å². The van der Waals surface area contributed by atoms with Gasteiger partial charge in [0.2, 0.25) is 0 Å². The summed E-state index contributed by atoms with van der Waals surface area (Å²) in [5.41, 5.74) is 0. The molecule has 0 rings (SSSR count). The molecule has 2 unspecified atom stereocenters. The van der Waals surface area contributed by atoms with Crippen molar-refractivity contribution in [2.24, 2.45) is 5.92 Å². The van der Waals surface area contributed by atoms with E-state index in [1.807, 2.05) is 6.92 Å². The Kier molecular flexibility index (Phi) is 8.46. The van der Waals surface area contributed by atoms with E-state index >= 15 is 0 Å². The molecule has 2 amide bonds. The zero-order valence-electron chi connectivity index (χ0n) is 11.0. The standard InChI is InChI=1S/C13H22N2O3/c1-4-10(3)15-13(18)14-9-8-11(5-2)6-7-12(16)17/h1,10-11H,5-9H2,2-3H3,(H,16,17)(H2,14,15,18). The first-order chi connectivity index (χ1) is 8.49. The molecule has 0 saturated heterocycles. The first-order valence-corrected chi connectivity index (χ1v) is 6.21. The highest BCUT2D eigenvalue weighted by Gasteiger charge is 2.10. The van der Waals surface area contributed by atoms with Crippen LogP contribution in [0.4, 0.5) is 4.79 Å². The number of nitrogens with one attached hydrogen (secondary N) is 2. The second-order valence-corrected chi connectivity index (χ2v) is 4.28. The van der Waals surface area contributed by atoms with Crippen molar-refractivity contribution in [3.63, 3.8) is 0 Å². The first-order valence-electron chi connectivity index (χ1n) is 6.21. The third-order valence-electron chi connectivity index (χ3n) is 2.78. The minimum absolute atomic E-state index is 0.179. The van der Waals surface area contributed by atoms with Gasteiger partial charge in [0, 0.05) is 13.0 Å². The predicted octanol–water partition coefficient (Wildman–Crippen LogP) is 1.59. The number of rotatable bonds is 8. The van der Waals surface area contributed by atoms with Crippen LogP contribution >= 0.6 is 0 Å². The molecule has 18 heavy (non-hydrogen) atoms. The molecule has 0 aliphatic carbocycles. The Balaban J connectivity index is 3.76. The van der Waals surface area contributed by atoms with Crippen LogP contribution in [0, 0.1) is 18.3 Å². The summed E-state index contributed by atoms with van der Waals surface area (Å²) in [6.45, 7) is 4.27. The monoisotopic (exact) mass is 254 g/mol. The van der Waals surface area contributed by atoms with Crippen LogP contribution in [-0.4, -0.2) is 29.7 Å². The number of carboxylic acid groups (broad SMARTS) is 1. The Labute approximate surface area is 108 Å². The van der Waals surface area contributed by atoms with E-state index in [0.717, 1.165) is 12.8 Å². The lowest BCUT2D eigenvalue weighted by Crippen LogP contribution is -2.40. The topological polar surface area (TPSA) is 78.4 Å². The van der Waals surface area contributed by atoms with Gasteiger partial charge in [0.05, 0.1) is 6.04 Å². The van der Waals surface area contributed by atoms with Crippen molar-refractivity contribution in [3.8, 4) is 12.3 Å². The van der Waals surface area contributed by atoms with Gasteiger partial charge in [0.25, 0.3) is 0 Å². The number of hydrogen-bond donors (Lipinski definition) is 3. The Bertz CT molecular complexity index is 310. The maximum absolute atomic E-state index is 11.3. The van der Waals surface area contributed by atoms with Gasteiger partial charge in [0.1, 0.15) is 0 Å². The molecule has 3 N–H and O–H groups in total. The van der Waals surface area contributed by atoms with Crippen molar-refractivity contribution in [2.45, 2.75) is 45.6 Å². The van der Waals surface area contributed by atoms with Gasteiger partial charge in [-0.05, 0) is 25.7 Å². The summed E-state index contributed by atoms with van der Waals surface area (Å²) in [5, 5.41) is 13.9. The summed E-state index contributed by atoms with van der Waals surface area (Å²) in [4.78, 5) is 21.8. The number of amides is 2. The lowest BCUT2D eigenvalue weighted by Gasteiger charge is -2.15. The molecule has 0 heterocycles. The number of carbonyl (C=O) groups is 2. The van der Waals surface area contributed by atoms with Crippen LogP contribution < -0.4 is 10.6 Å². The zero-order chi connectivity index (χ0) is 14.0. The van der Waals surface area contributed by atoms with Gasteiger partial charge in [-0.1, -0.05) is 19.3 Å². The second kappa shape index (κ2) is 9.34. The third kappa shape index (κ3) is 8.45. The minimum Gasteiger partial charge on any atom is -0.481 e. The van der Waals surface area contributed by atoms with Crippen LogP contribution in [0.2, 0.25) is 0 Å². The van der Waals surface area contributed by atoms with Crippen molar-refractivity contribution in [1.82, 2.24) is 10.6 Å². The fourth-order valence-corrected chi connectivity index (χ4v) is 1.56. The number of aliphatic carboxylic acids is 1. The van der Waals surface area contributed by atoms with Gasteiger partial charge in [0.15, 0.2) is 0 Å². The average Bonchev–Trinajstić information content (AvgIpc) is 2.32. The number of hydrogen-bond acceptors (Lipinski definition) is 2. The van der Waals surface area contributed by atoms with Crippen LogP contribution in [0.1, 0.15) is 39.5 Å². The maximum Gasteiger partial charge on any atom is 0.315 e. The van der Waals surface area contributed by atoms with Crippen LogP contribution in [0.5, 0.6) is 0 Å². The summed E-state index contributed by atoms with van der Waals surface area (Å²) < 4.78 is 0. The molecule has 0 aromatic rings. The summed E-state index contributed by atoms with van der Waals surface area (Å²) in [7, 11) is 0. The quantitative estimate of drug-likeness (QED) is 0.575. The molecule has 0 fully saturated rings. The average molecular weight is 254 g/mol. The van der Waals surface area contributed by atoms with Crippen molar-refractivity contribution in [2.75, 3.05) is 6.54 Å². The molecule has 5 nitrogen and oxygen atoms in total. The minimum atomic E-state index is -0.776. The molecule has 0 spiro atoms. The highest BCUT2D eigenvalue weighted by Crippen LogP contribution is 2.14. The molecule has 0 aromatic carbocycles. The summed E-state index contributed by atoms with van der Waals surface area (Å²) in [5.74, 6) is 1.95. The molecular weight excluding hydrogens is 232 g/mol. The summed E-state index contributed by atoms with van der Waals surface area (Å²) in [6.07, 6.45) is 7.66. The number of urea groups is 1. The third-order valence-corrected chi connectivity index (χ3v) is 2.78. The number of carboxylic acids is 1. The van der Waals surface area contributed by atoms with Crippen LogP contribution in [-0.2, 0) is 4.79 Å². The molecule has 2 atom stereocenters. The molecular formula is C13H22N2O3. The number of terminal acetylenes is 1. The number of carbonyl (C=O) groups excluding carboxylic acids is 1. The fourth-order valence-electron chi connectivity index (χ4n) is 1.56. The Hall–Kier alpha value is -1.70. The molecule has 102 valence electrons. The van der Waals surface area contributed by atoms with E-state index < -0.39 is 5.97 Å². The SMILES string of the molecule is C#CC(C)NC(=O)NCCC(CC)CCC(=O)O. The smallest absolute Gasteiger partial charge is 0.315 e. The Morgan fingerprint density at radius 3 is 2.56 bits per heavy atom. The van der Waals surface area contributed by atoms with Crippen molar-refractivity contribution in [1.29, 1.82) is 0 Å². The highest BCUT2D eigenvalue weighted by molar-refractivity contribution is 5.74. The van der Waals surface area contributed by atoms with E-state index in [4.69, 9.17) is 11.5 Å². The summed E-state index contributed by atoms with van der Waals surface area (Å²) in [6, 6.07) is -0.576.